The number of nitrogens with zero attached hydrogens (tertiary/aromatic N) is 3. The van der Waals surface area contributed by atoms with Gasteiger partial charge < -0.3 is 10.3 Å². The Morgan fingerprint density at radius 1 is 1.21 bits per heavy atom. The summed E-state index contributed by atoms with van der Waals surface area (Å²) in [6.07, 6.45) is 10.3. The molecule has 4 aliphatic carbocycles. The van der Waals surface area contributed by atoms with Crippen molar-refractivity contribution in [3.8, 4) is 0 Å². The Morgan fingerprint density at radius 2 is 1.84 bits per heavy atom. The summed E-state index contributed by atoms with van der Waals surface area (Å²) in [7, 11) is 1.99. The van der Waals surface area contributed by atoms with Crippen molar-refractivity contribution in [1.82, 2.24) is 14.8 Å². The molecule has 0 saturated heterocycles. The van der Waals surface area contributed by atoms with Crippen molar-refractivity contribution >= 4 is 0 Å². The third-order valence-corrected chi connectivity index (χ3v) is 6.03. The van der Waals surface area contributed by atoms with Gasteiger partial charge in [0.1, 0.15) is 12.2 Å². The van der Waals surface area contributed by atoms with Gasteiger partial charge in [-0.15, -0.1) is 10.2 Å². The maximum Gasteiger partial charge on any atom is 0.149 e. The third kappa shape index (κ3) is 1.92. The van der Waals surface area contributed by atoms with Crippen LogP contribution in [-0.4, -0.2) is 14.8 Å². The van der Waals surface area contributed by atoms with Gasteiger partial charge in [0.25, 0.3) is 0 Å². The number of hydrogen-bond acceptors (Lipinski definition) is 3. The van der Waals surface area contributed by atoms with Crippen LogP contribution in [0.1, 0.15) is 50.4 Å². The average molecular weight is 260 g/mol. The Hall–Kier alpha value is -0.900. The van der Waals surface area contributed by atoms with Crippen LogP contribution < -0.4 is 5.73 Å². The lowest BCUT2D eigenvalue weighted by atomic mass is 9.51. The standard InChI is InChI=1S/C15H24N4/c1-19-8-17-18-15(19)14(16)7-13-11-3-9-2-10(5-11)6-12(13)4-9/h8-14H,2-7,16H2,1H3. The Morgan fingerprint density at radius 3 is 2.37 bits per heavy atom. The van der Waals surface area contributed by atoms with Crippen LogP contribution in [0, 0.1) is 29.6 Å². The molecule has 2 N–H and O–H groups in total. The highest BCUT2D eigenvalue weighted by molar-refractivity contribution is 5.01. The molecule has 0 aliphatic heterocycles. The number of aryl methyl sites for hydroxylation is 1. The number of nitrogens with two attached hydrogens (primary N) is 1. The second-order valence-corrected chi connectivity index (χ2v) is 7.24. The zero-order valence-electron chi connectivity index (χ0n) is 11.7. The molecule has 0 radical (unpaired) electrons. The molecule has 1 heterocycles. The molecule has 0 aromatic carbocycles. The first kappa shape index (κ1) is 11.9. The van der Waals surface area contributed by atoms with Gasteiger partial charge in [0.15, 0.2) is 0 Å². The van der Waals surface area contributed by atoms with Gasteiger partial charge in [-0.05, 0) is 68.1 Å². The van der Waals surface area contributed by atoms with E-state index in [-0.39, 0.29) is 6.04 Å². The van der Waals surface area contributed by atoms with Crippen molar-refractivity contribution in [3.05, 3.63) is 12.2 Å². The quantitative estimate of drug-likeness (QED) is 0.907. The van der Waals surface area contributed by atoms with E-state index in [4.69, 9.17) is 5.73 Å². The minimum absolute atomic E-state index is 0.0648. The van der Waals surface area contributed by atoms with Crippen LogP contribution in [0.4, 0.5) is 0 Å². The molecule has 4 nitrogen and oxygen atoms in total. The highest BCUT2D eigenvalue weighted by Crippen LogP contribution is 2.57. The number of hydrogen-bond donors (Lipinski definition) is 1. The Bertz CT molecular complexity index is 438. The summed E-state index contributed by atoms with van der Waals surface area (Å²) < 4.78 is 1.97. The third-order valence-electron chi connectivity index (χ3n) is 6.03. The summed E-state index contributed by atoms with van der Waals surface area (Å²) in [4.78, 5) is 0. The van der Waals surface area contributed by atoms with Gasteiger partial charge >= 0.3 is 0 Å². The van der Waals surface area contributed by atoms with E-state index in [1.165, 1.54) is 32.1 Å². The van der Waals surface area contributed by atoms with E-state index in [0.29, 0.717) is 0 Å². The van der Waals surface area contributed by atoms with E-state index in [1.807, 2.05) is 11.6 Å². The molecular formula is C15H24N4. The van der Waals surface area contributed by atoms with Gasteiger partial charge in [-0.2, -0.15) is 0 Å². The van der Waals surface area contributed by atoms with Crippen LogP contribution >= 0.6 is 0 Å². The summed E-state index contributed by atoms with van der Waals surface area (Å²) in [5.74, 6) is 5.80. The fourth-order valence-electron chi connectivity index (χ4n) is 5.45. The zero-order chi connectivity index (χ0) is 13.0. The molecule has 1 aromatic heterocycles. The molecule has 5 rings (SSSR count). The maximum absolute atomic E-state index is 6.40. The van der Waals surface area contributed by atoms with Crippen LogP contribution in [0.15, 0.2) is 6.33 Å². The second-order valence-electron chi connectivity index (χ2n) is 7.24. The molecule has 4 bridgehead atoms. The summed E-state index contributed by atoms with van der Waals surface area (Å²) in [6.45, 7) is 0. The van der Waals surface area contributed by atoms with Crippen molar-refractivity contribution in [3.63, 3.8) is 0 Å². The second kappa shape index (κ2) is 4.30. The largest absolute Gasteiger partial charge is 0.321 e. The molecule has 4 heteroatoms. The highest BCUT2D eigenvalue weighted by Gasteiger charge is 2.48. The highest BCUT2D eigenvalue weighted by atomic mass is 15.3. The average Bonchev–Trinajstić information content (AvgIpc) is 2.79. The summed E-state index contributed by atoms with van der Waals surface area (Å²) in [5, 5.41) is 8.15. The molecule has 4 aliphatic rings. The predicted octanol–water partition coefficient (Wildman–Crippen LogP) is 2.28. The van der Waals surface area contributed by atoms with E-state index < -0.39 is 0 Å². The maximum atomic E-state index is 6.40. The Labute approximate surface area is 114 Å². The fourth-order valence-corrected chi connectivity index (χ4v) is 5.45. The normalized spacial score (nSPS) is 41.7. The Balaban J connectivity index is 1.50. The van der Waals surface area contributed by atoms with Gasteiger partial charge in [-0.1, -0.05) is 0 Å². The molecule has 104 valence electrons. The molecular weight excluding hydrogens is 236 g/mol. The van der Waals surface area contributed by atoms with Gasteiger partial charge in [0, 0.05) is 7.05 Å². The molecule has 0 spiro atoms. The summed E-state index contributed by atoms with van der Waals surface area (Å²) in [6, 6.07) is 0.0648. The molecule has 4 fully saturated rings. The van der Waals surface area contributed by atoms with Crippen LogP contribution in [0.2, 0.25) is 0 Å². The lowest BCUT2D eigenvalue weighted by Crippen LogP contribution is -2.46. The van der Waals surface area contributed by atoms with E-state index in [0.717, 1.165) is 41.8 Å². The minimum atomic E-state index is 0.0648. The molecule has 0 amide bonds. The van der Waals surface area contributed by atoms with E-state index >= 15 is 0 Å². The van der Waals surface area contributed by atoms with Crippen molar-refractivity contribution in [2.75, 3.05) is 0 Å². The van der Waals surface area contributed by atoms with Crippen LogP contribution in [0.3, 0.4) is 0 Å². The van der Waals surface area contributed by atoms with Gasteiger partial charge in [-0.25, -0.2) is 0 Å². The van der Waals surface area contributed by atoms with E-state index in [1.54, 1.807) is 6.33 Å². The Kier molecular flexibility index (Phi) is 2.69. The number of aromatic nitrogens is 3. The van der Waals surface area contributed by atoms with E-state index in [2.05, 4.69) is 10.2 Å². The van der Waals surface area contributed by atoms with Crippen LogP contribution in [-0.2, 0) is 7.05 Å². The molecule has 4 saturated carbocycles. The van der Waals surface area contributed by atoms with Crippen molar-refractivity contribution in [2.24, 2.45) is 42.4 Å². The smallest absolute Gasteiger partial charge is 0.149 e. The van der Waals surface area contributed by atoms with Crippen molar-refractivity contribution in [2.45, 2.75) is 44.6 Å². The number of rotatable bonds is 3. The van der Waals surface area contributed by atoms with Gasteiger partial charge in [0.05, 0.1) is 6.04 Å². The van der Waals surface area contributed by atoms with Gasteiger partial charge in [-0.3, -0.25) is 0 Å². The zero-order valence-corrected chi connectivity index (χ0v) is 11.7. The van der Waals surface area contributed by atoms with Crippen molar-refractivity contribution in [1.29, 1.82) is 0 Å². The van der Waals surface area contributed by atoms with Crippen LogP contribution in [0.25, 0.3) is 0 Å². The topological polar surface area (TPSA) is 56.7 Å². The molecule has 1 aromatic rings. The lowest BCUT2D eigenvalue weighted by molar-refractivity contribution is -0.0424. The van der Waals surface area contributed by atoms with Crippen molar-refractivity contribution < 1.29 is 0 Å². The lowest BCUT2D eigenvalue weighted by Gasteiger charge is -2.55. The fraction of sp³-hybridized carbons (Fsp3) is 0.867. The minimum Gasteiger partial charge on any atom is -0.321 e. The first-order valence-electron chi connectivity index (χ1n) is 7.80. The predicted molar refractivity (Wildman–Crippen MR) is 73.1 cm³/mol. The SMILES string of the molecule is Cn1cnnc1C(N)CC1C2CC3CC(C2)CC1C3. The monoisotopic (exact) mass is 260 g/mol. The first-order valence-corrected chi connectivity index (χ1v) is 7.80. The molecule has 1 atom stereocenters. The van der Waals surface area contributed by atoms with Gasteiger partial charge in [0.2, 0.25) is 0 Å². The first-order chi connectivity index (χ1) is 9.20. The molecule has 19 heavy (non-hydrogen) atoms. The van der Waals surface area contributed by atoms with E-state index in [9.17, 15) is 0 Å². The molecule has 1 unspecified atom stereocenters. The summed E-state index contributed by atoms with van der Waals surface area (Å²) >= 11 is 0. The summed E-state index contributed by atoms with van der Waals surface area (Å²) in [5.41, 5.74) is 6.40. The van der Waals surface area contributed by atoms with Crippen LogP contribution in [0.5, 0.6) is 0 Å².